The predicted octanol–water partition coefficient (Wildman–Crippen LogP) is 4.12. The number of benzene rings is 1. The summed E-state index contributed by atoms with van der Waals surface area (Å²) >= 11 is 0. The smallest absolute Gasteiger partial charge is 0.418 e. The van der Waals surface area contributed by atoms with Gasteiger partial charge in [-0.15, -0.1) is 0 Å². The van der Waals surface area contributed by atoms with Gasteiger partial charge in [-0.3, -0.25) is 4.98 Å². The zero-order valence-corrected chi connectivity index (χ0v) is 15.5. The number of ether oxygens (including phenoxy) is 3. The maximum absolute atomic E-state index is 13.3. The molecule has 0 N–H and O–H groups in total. The molecule has 0 amide bonds. The van der Waals surface area contributed by atoms with Gasteiger partial charge < -0.3 is 18.6 Å². The van der Waals surface area contributed by atoms with E-state index in [1.165, 1.54) is 12.1 Å². The van der Waals surface area contributed by atoms with Crippen LogP contribution in [0.4, 0.5) is 13.2 Å². The van der Waals surface area contributed by atoms with E-state index in [0.717, 1.165) is 12.3 Å². The Morgan fingerprint density at radius 3 is 2.48 bits per heavy atom. The van der Waals surface area contributed by atoms with Crippen molar-refractivity contribution in [2.24, 2.45) is 0 Å². The second kappa shape index (κ2) is 7.98. The number of nitrogens with zero attached hydrogens (tertiary/aromatic N) is 1. The Bertz CT molecular complexity index is 1070. The average molecular weight is 411 g/mol. The van der Waals surface area contributed by atoms with E-state index in [1.54, 1.807) is 13.8 Å². The lowest BCUT2D eigenvalue weighted by Crippen LogP contribution is -2.16. The molecule has 3 rings (SSSR count). The number of esters is 2. The Morgan fingerprint density at radius 1 is 1.10 bits per heavy atom. The highest BCUT2D eigenvalue weighted by Gasteiger charge is 2.34. The molecule has 0 aliphatic carbocycles. The van der Waals surface area contributed by atoms with Crippen LogP contribution in [0.5, 0.6) is 5.75 Å². The van der Waals surface area contributed by atoms with Crippen molar-refractivity contribution in [1.82, 2.24) is 4.98 Å². The van der Waals surface area contributed by atoms with E-state index >= 15 is 0 Å². The number of halogens is 3. The summed E-state index contributed by atoms with van der Waals surface area (Å²) < 4.78 is 60.5. The highest BCUT2D eigenvalue weighted by Crippen LogP contribution is 2.40. The average Bonchev–Trinajstić information content (AvgIpc) is 3.04. The standard InChI is InChI=1S/C19H16F3NO6/c1-3-26-13(24)9-28-16-11-8-23-14-10(6-5-7-12(14)19(20,21)22)15(11)29-17(16)18(25)27-4-2/h5-8H,3-4,9H2,1-2H3. The molecule has 0 radical (unpaired) electrons. The lowest BCUT2D eigenvalue weighted by atomic mass is 10.1. The van der Waals surface area contributed by atoms with Crippen molar-refractivity contribution >= 4 is 33.8 Å². The summed E-state index contributed by atoms with van der Waals surface area (Å²) in [5.41, 5.74) is -1.32. The van der Waals surface area contributed by atoms with Gasteiger partial charge in [0.1, 0.15) is 5.58 Å². The van der Waals surface area contributed by atoms with Crippen molar-refractivity contribution in [1.29, 1.82) is 0 Å². The number of fused-ring (bicyclic) bond motifs is 3. The first-order valence-corrected chi connectivity index (χ1v) is 8.64. The topological polar surface area (TPSA) is 87.9 Å². The van der Waals surface area contributed by atoms with Gasteiger partial charge in [0.15, 0.2) is 12.4 Å². The molecule has 0 aliphatic rings. The number of para-hydroxylation sites is 1. The van der Waals surface area contributed by atoms with Crippen molar-refractivity contribution in [2.45, 2.75) is 20.0 Å². The molecule has 0 atom stereocenters. The Balaban J connectivity index is 2.19. The molecule has 2 heterocycles. The Hall–Kier alpha value is -3.30. The van der Waals surface area contributed by atoms with E-state index in [9.17, 15) is 22.8 Å². The number of furan rings is 1. The molecule has 10 heteroatoms. The molecule has 3 aromatic rings. The summed E-state index contributed by atoms with van der Waals surface area (Å²) in [4.78, 5) is 27.8. The third-order valence-corrected chi connectivity index (χ3v) is 3.91. The zero-order valence-electron chi connectivity index (χ0n) is 15.5. The molecule has 7 nitrogen and oxygen atoms in total. The predicted molar refractivity (Wildman–Crippen MR) is 94.6 cm³/mol. The normalized spacial score (nSPS) is 11.6. The van der Waals surface area contributed by atoms with Crippen LogP contribution in [0.2, 0.25) is 0 Å². The van der Waals surface area contributed by atoms with Gasteiger partial charge in [-0.25, -0.2) is 9.59 Å². The summed E-state index contributed by atoms with van der Waals surface area (Å²) in [5, 5.41) is 0.165. The fourth-order valence-electron chi connectivity index (χ4n) is 2.78. The number of rotatable bonds is 6. The van der Waals surface area contributed by atoms with Gasteiger partial charge in [-0.2, -0.15) is 13.2 Å². The van der Waals surface area contributed by atoms with Crippen molar-refractivity contribution in [2.75, 3.05) is 19.8 Å². The second-order valence-corrected chi connectivity index (χ2v) is 5.77. The molecule has 154 valence electrons. The van der Waals surface area contributed by atoms with Gasteiger partial charge in [0.25, 0.3) is 5.76 Å². The number of pyridine rings is 1. The van der Waals surface area contributed by atoms with Gasteiger partial charge in [0.2, 0.25) is 0 Å². The Morgan fingerprint density at radius 2 is 1.83 bits per heavy atom. The summed E-state index contributed by atoms with van der Waals surface area (Å²) in [7, 11) is 0. The van der Waals surface area contributed by atoms with E-state index in [4.69, 9.17) is 18.6 Å². The number of alkyl halides is 3. The van der Waals surface area contributed by atoms with Gasteiger partial charge in [-0.05, 0) is 26.0 Å². The van der Waals surface area contributed by atoms with Crippen LogP contribution in [0.25, 0.3) is 21.9 Å². The van der Waals surface area contributed by atoms with Crippen LogP contribution in [0.15, 0.2) is 28.8 Å². The SMILES string of the molecule is CCOC(=O)COc1c(C(=O)OCC)oc2c1cnc1c(C(F)(F)F)cccc12. The highest BCUT2D eigenvalue weighted by molar-refractivity contribution is 6.09. The molecular formula is C19H16F3NO6. The second-order valence-electron chi connectivity index (χ2n) is 5.77. The maximum Gasteiger partial charge on any atom is 0.418 e. The van der Waals surface area contributed by atoms with Crippen LogP contribution < -0.4 is 4.74 Å². The maximum atomic E-state index is 13.3. The summed E-state index contributed by atoms with van der Waals surface area (Å²) in [6.45, 7) is 2.82. The van der Waals surface area contributed by atoms with Crippen molar-refractivity contribution in [3.8, 4) is 5.75 Å². The van der Waals surface area contributed by atoms with Crippen LogP contribution in [0.1, 0.15) is 30.0 Å². The molecule has 0 saturated carbocycles. The number of hydrogen-bond donors (Lipinski definition) is 0. The first-order valence-electron chi connectivity index (χ1n) is 8.64. The van der Waals surface area contributed by atoms with Crippen molar-refractivity contribution in [3.63, 3.8) is 0 Å². The van der Waals surface area contributed by atoms with E-state index in [2.05, 4.69) is 4.98 Å². The highest BCUT2D eigenvalue weighted by atomic mass is 19.4. The molecule has 0 fully saturated rings. The third-order valence-electron chi connectivity index (χ3n) is 3.91. The summed E-state index contributed by atoms with van der Waals surface area (Å²) in [6, 6.07) is 3.49. The number of carbonyl (C=O) groups is 2. The third kappa shape index (κ3) is 3.96. The lowest BCUT2D eigenvalue weighted by molar-refractivity contribution is -0.145. The quantitative estimate of drug-likeness (QED) is 0.564. The molecule has 0 unspecified atom stereocenters. The molecule has 0 aliphatic heterocycles. The molecular weight excluding hydrogens is 395 g/mol. The summed E-state index contributed by atoms with van der Waals surface area (Å²) in [5.74, 6) is -2.11. The van der Waals surface area contributed by atoms with Crippen LogP contribution in [0, 0.1) is 0 Å². The largest absolute Gasteiger partial charge is 0.477 e. The van der Waals surface area contributed by atoms with Gasteiger partial charge in [0.05, 0.1) is 29.7 Å². The number of carbonyl (C=O) groups excluding carboxylic acids is 2. The minimum atomic E-state index is -4.63. The van der Waals surface area contributed by atoms with Crippen LogP contribution in [0.3, 0.4) is 0 Å². The Labute approximate surface area is 162 Å². The minimum absolute atomic E-state index is 0.0322. The van der Waals surface area contributed by atoms with Crippen LogP contribution in [-0.2, 0) is 20.4 Å². The monoisotopic (exact) mass is 411 g/mol. The first-order chi connectivity index (χ1) is 13.8. The van der Waals surface area contributed by atoms with Crippen molar-refractivity contribution < 1.29 is 41.4 Å². The van der Waals surface area contributed by atoms with E-state index < -0.39 is 30.3 Å². The fourth-order valence-corrected chi connectivity index (χ4v) is 2.78. The lowest BCUT2D eigenvalue weighted by Gasteiger charge is -2.09. The molecule has 29 heavy (non-hydrogen) atoms. The van der Waals surface area contributed by atoms with E-state index in [-0.39, 0.29) is 46.6 Å². The molecule has 2 aromatic heterocycles. The number of aromatic nitrogens is 1. The van der Waals surface area contributed by atoms with Crippen LogP contribution in [-0.4, -0.2) is 36.7 Å². The fraction of sp³-hybridized carbons (Fsp3) is 0.316. The molecule has 1 aromatic carbocycles. The molecule has 0 saturated heterocycles. The van der Waals surface area contributed by atoms with Gasteiger partial charge in [-0.1, -0.05) is 6.07 Å². The van der Waals surface area contributed by atoms with Crippen LogP contribution >= 0.6 is 0 Å². The number of hydrogen-bond acceptors (Lipinski definition) is 7. The van der Waals surface area contributed by atoms with E-state index in [0.29, 0.717) is 0 Å². The van der Waals surface area contributed by atoms with Gasteiger partial charge >= 0.3 is 18.1 Å². The molecule has 0 spiro atoms. The minimum Gasteiger partial charge on any atom is -0.477 e. The Kier molecular flexibility index (Phi) is 5.62. The van der Waals surface area contributed by atoms with Crippen molar-refractivity contribution in [3.05, 3.63) is 35.7 Å². The molecule has 0 bridgehead atoms. The van der Waals surface area contributed by atoms with Gasteiger partial charge in [0, 0.05) is 11.6 Å². The van der Waals surface area contributed by atoms with E-state index in [1.807, 2.05) is 0 Å². The zero-order chi connectivity index (χ0) is 21.2. The summed E-state index contributed by atoms with van der Waals surface area (Å²) in [6.07, 6.45) is -3.53. The first kappa shape index (κ1) is 20.4.